The Morgan fingerprint density at radius 2 is 1.37 bits per heavy atom. The lowest BCUT2D eigenvalue weighted by Gasteiger charge is -2.16. The molecule has 7 heteroatoms. The van der Waals surface area contributed by atoms with Gasteiger partial charge in [-0.05, 0) is 40.4 Å². The first-order valence-corrected chi connectivity index (χ1v) is 6.17. The van der Waals surface area contributed by atoms with E-state index in [-0.39, 0.29) is 0 Å². The quantitative estimate of drug-likeness (QED) is 0.588. The highest BCUT2D eigenvalue weighted by Gasteiger charge is 2.42. The molecule has 0 aliphatic carbocycles. The van der Waals surface area contributed by atoms with Crippen LogP contribution in [0.2, 0.25) is 0 Å². The van der Waals surface area contributed by atoms with Crippen molar-refractivity contribution in [3.63, 3.8) is 0 Å². The van der Waals surface area contributed by atoms with E-state index in [9.17, 15) is 18.0 Å². The molecule has 19 heavy (non-hydrogen) atoms. The number of rotatable bonds is 4. The van der Waals surface area contributed by atoms with Crippen molar-refractivity contribution in [2.75, 3.05) is 19.6 Å². The predicted octanol–water partition coefficient (Wildman–Crippen LogP) is 3.17. The van der Waals surface area contributed by atoms with E-state index in [1.807, 2.05) is 0 Å². The van der Waals surface area contributed by atoms with Gasteiger partial charge in [-0.1, -0.05) is 20.8 Å². The first-order chi connectivity index (χ1) is 8.47. The molecule has 0 radical (unpaired) electrons. The molecule has 0 aromatic rings. The van der Waals surface area contributed by atoms with Crippen molar-refractivity contribution in [2.24, 2.45) is 0 Å². The maximum atomic E-state index is 11.5. The smallest absolute Gasteiger partial charge is 0.304 e. The van der Waals surface area contributed by atoms with E-state index in [2.05, 4.69) is 35.4 Å². The third-order valence-corrected chi connectivity index (χ3v) is 1.94. The zero-order valence-electron chi connectivity index (χ0n) is 12.4. The van der Waals surface area contributed by atoms with Crippen molar-refractivity contribution < 1.29 is 27.7 Å². The Morgan fingerprint density at radius 1 is 1.00 bits per heavy atom. The number of halogens is 3. The number of hydrogen-bond acceptors (Lipinski definition) is 4. The fourth-order valence-electron chi connectivity index (χ4n) is 0.881. The van der Waals surface area contributed by atoms with Crippen LogP contribution in [0, 0.1) is 0 Å². The third kappa shape index (κ3) is 13.4. The summed E-state index contributed by atoms with van der Waals surface area (Å²) in [5, 5.41) is 0. The average Bonchev–Trinajstić information content (AvgIpc) is 2.27. The highest BCUT2D eigenvalue weighted by molar-refractivity contribution is 5.74. The van der Waals surface area contributed by atoms with Gasteiger partial charge in [-0.15, -0.1) is 0 Å². The topological polar surface area (TPSA) is 38.8 Å². The van der Waals surface area contributed by atoms with Crippen molar-refractivity contribution in [3.05, 3.63) is 0 Å². The first-order valence-electron chi connectivity index (χ1n) is 6.17. The van der Waals surface area contributed by atoms with Gasteiger partial charge in [0.1, 0.15) is 5.60 Å². The number of alkyl halides is 3. The summed E-state index contributed by atoms with van der Waals surface area (Å²) < 4.78 is 34.4. The largest absolute Gasteiger partial charge is 0.494 e. The predicted molar refractivity (Wildman–Crippen MR) is 66.4 cm³/mol. The minimum absolute atomic E-state index is 0.944. The summed E-state index contributed by atoms with van der Waals surface area (Å²) in [5.74, 6) is -2.35. The van der Waals surface area contributed by atoms with Gasteiger partial charge < -0.3 is 4.90 Å². The molecule has 0 aliphatic rings. The Morgan fingerprint density at radius 3 is 1.53 bits per heavy atom. The summed E-state index contributed by atoms with van der Waals surface area (Å²) in [6.07, 6.45) is -5.01. The van der Waals surface area contributed by atoms with Crippen LogP contribution in [-0.2, 0) is 14.6 Å². The molecule has 4 nitrogen and oxygen atoms in total. The maximum absolute atomic E-state index is 11.5. The SMILES string of the molecule is CC(C)(C)OOC(=O)C(F)(F)F.CCN(CC)CC. The molecule has 116 valence electrons. The van der Waals surface area contributed by atoms with Gasteiger partial charge in [-0.3, -0.25) is 4.89 Å². The van der Waals surface area contributed by atoms with E-state index in [0.717, 1.165) is 0 Å². The standard InChI is InChI=1S/C6H9F3O3.C6H15N/c1-5(2,3)12-11-4(10)6(7,8)9;1-4-7(5-2)6-3/h1-3H3;4-6H2,1-3H3. The lowest BCUT2D eigenvalue weighted by molar-refractivity contribution is -0.339. The normalized spacial score (nSPS) is 11.9. The molecule has 0 rings (SSSR count). The van der Waals surface area contributed by atoms with Crippen LogP contribution < -0.4 is 0 Å². The molecule has 0 amide bonds. The molecule has 0 N–H and O–H groups in total. The Labute approximate surface area is 112 Å². The summed E-state index contributed by atoms with van der Waals surface area (Å²) in [5.41, 5.74) is -0.944. The molecule has 0 aliphatic heterocycles. The van der Waals surface area contributed by atoms with Gasteiger partial charge in [0.2, 0.25) is 0 Å². The zero-order valence-corrected chi connectivity index (χ0v) is 12.4. The van der Waals surface area contributed by atoms with Crippen molar-refractivity contribution in [2.45, 2.75) is 53.3 Å². The van der Waals surface area contributed by atoms with E-state index < -0.39 is 17.7 Å². The number of nitrogens with zero attached hydrogens (tertiary/aromatic N) is 1. The number of hydrogen-bond donors (Lipinski definition) is 0. The average molecular weight is 287 g/mol. The van der Waals surface area contributed by atoms with E-state index >= 15 is 0 Å². The molecule has 0 atom stereocenters. The molecule has 0 saturated carbocycles. The summed E-state index contributed by atoms with van der Waals surface area (Å²) >= 11 is 0. The van der Waals surface area contributed by atoms with E-state index in [1.54, 1.807) is 0 Å². The van der Waals surface area contributed by atoms with Gasteiger partial charge in [0.15, 0.2) is 0 Å². The Hall–Kier alpha value is -0.820. The Balaban J connectivity index is 0. The van der Waals surface area contributed by atoms with Crippen LogP contribution in [-0.4, -0.2) is 42.3 Å². The monoisotopic (exact) mass is 287 g/mol. The van der Waals surface area contributed by atoms with E-state index in [0.29, 0.717) is 0 Å². The molecule has 0 bridgehead atoms. The zero-order chi connectivity index (χ0) is 15.7. The maximum Gasteiger partial charge on any atom is 0.494 e. The second-order valence-electron chi connectivity index (χ2n) is 4.68. The molecular weight excluding hydrogens is 263 g/mol. The lowest BCUT2D eigenvalue weighted by atomic mass is 10.2. The second-order valence-corrected chi connectivity index (χ2v) is 4.68. The van der Waals surface area contributed by atoms with Crippen molar-refractivity contribution in [1.82, 2.24) is 4.90 Å². The van der Waals surface area contributed by atoms with Crippen molar-refractivity contribution in [3.8, 4) is 0 Å². The summed E-state index contributed by atoms with van der Waals surface area (Å²) in [7, 11) is 0. The molecule has 0 aromatic carbocycles. The molecular formula is C12H24F3NO3. The minimum Gasteiger partial charge on any atom is -0.304 e. The molecule has 0 saturated heterocycles. The van der Waals surface area contributed by atoms with Crippen molar-refractivity contribution >= 4 is 5.97 Å². The Kier molecular flexibility index (Phi) is 9.86. The summed E-state index contributed by atoms with van der Waals surface area (Å²) in [6.45, 7) is 14.5. The highest BCUT2D eigenvalue weighted by Crippen LogP contribution is 2.18. The first kappa shape index (κ1) is 20.5. The van der Waals surface area contributed by atoms with Gasteiger partial charge in [0.05, 0.1) is 0 Å². The van der Waals surface area contributed by atoms with Crippen LogP contribution in [0.5, 0.6) is 0 Å². The van der Waals surface area contributed by atoms with Gasteiger partial charge in [0, 0.05) is 0 Å². The third-order valence-electron chi connectivity index (χ3n) is 1.94. The van der Waals surface area contributed by atoms with Gasteiger partial charge >= 0.3 is 12.1 Å². The highest BCUT2D eigenvalue weighted by atomic mass is 19.4. The van der Waals surface area contributed by atoms with Crippen LogP contribution in [0.25, 0.3) is 0 Å². The fourth-order valence-corrected chi connectivity index (χ4v) is 0.881. The molecule has 0 unspecified atom stereocenters. The summed E-state index contributed by atoms with van der Waals surface area (Å²) in [6, 6.07) is 0. The lowest BCUT2D eigenvalue weighted by Crippen LogP contribution is -2.30. The van der Waals surface area contributed by atoms with Gasteiger partial charge in [0.25, 0.3) is 0 Å². The summed E-state index contributed by atoms with van der Waals surface area (Å²) in [4.78, 5) is 20.1. The van der Waals surface area contributed by atoms with E-state index in [4.69, 9.17) is 0 Å². The van der Waals surface area contributed by atoms with Gasteiger partial charge in [-0.25, -0.2) is 4.79 Å². The van der Waals surface area contributed by atoms with Crippen LogP contribution in [0.3, 0.4) is 0 Å². The minimum atomic E-state index is -5.01. The Bertz CT molecular complexity index is 240. The van der Waals surface area contributed by atoms with Crippen LogP contribution in [0.4, 0.5) is 13.2 Å². The van der Waals surface area contributed by atoms with Gasteiger partial charge in [-0.2, -0.15) is 18.1 Å². The molecule has 0 fully saturated rings. The van der Waals surface area contributed by atoms with Crippen molar-refractivity contribution in [1.29, 1.82) is 0 Å². The van der Waals surface area contributed by atoms with Crippen LogP contribution in [0.1, 0.15) is 41.5 Å². The van der Waals surface area contributed by atoms with Crippen LogP contribution >= 0.6 is 0 Å². The fraction of sp³-hybridized carbons (Fsp3) is 0.917. The molecule has 0 spiro atoms. The van der Waals surface area contributed by atoms with Crippen LogP contribution in [0.15, 0.2) is 0 Å². The number of carbonyl (C=O) groups is 1. The molecule has 0 heterocycles. The second kappa shape index (κ2) is 9.14. The van der Waals surface area contributed by atoms with E-state index in [1.165, 1.54) is 40.4 Å². The number of carbonyl (C=O) groups excluding carboxylic acids is 1. The molecule has 0 aromatic heterocycles.